The largest absolute Gasteiger partial charge is 0.393 e. The zero-order chi connectivity index (χ0) is 25.4. The average molecular weight is 520 g/mol. The van der Waals surface area contributed by atoms with Gasteiger partial charge in [-0.3, -0.25) is 9.36 Å². The van der Waals surface area contributed by atoms with E-state index in [9.17, 15) is 18.7 Å². The monoisotopic (exact) mass is 519 g/mol. The quantitative estimate of drug-likeness (QED) is 0.354. The van der Waals surface area contributed by atoms with Crippen LogP contribution in [-0.2, 0) is 4.79 Å². The Morgan fingerprint density at radius 1 is 1.11 bits per heavy atom. The summed E-state index contributed by atoms with van der Waals surface area (Å²) in [6.45, 7) is 0. The number of anilines is 3. The van der Waals surface area contributed by atoms with Crippen molar-refractivity contribution >= 4 is 46.3 Å². The van der Waals surface area contributed by atoms with Gasteiger partial charge in [0.25, 0.3) is 0 Å². The molecule has 36 heavy (non-hydrogen) atoms. The molecule has 0 saturated heterocycles. The summed E-state index contributed by atoms with van der Waals surface area (Å²) < 4.78 is 30.6. The topological polar surface area (TPSA) is 131 Å². The van der Waals surface area contributed by atoms with Gasteiger partial charge in [0.05, 0.1) is 23.0 Å². The number of benzene rings is 1. The Kier molecular flexibility index (Phi) is 6.94. The first-order valence-corrected chi connectivity index (χ1v) is 12.6. The number of nitrogens with zero attached hydrogens (tertiary/aromatic N) is 4. The fourth-order valence-corrected chi connectivity index (χ4v) is 5.38. The van der Waals surface area contributed by atoms with Gasteiger partial charge < -0.3 is 21.5 Å². The number of aromatic nitrogens is 4. The van der Waals surface area contributed by atoms with Crippen LogP contribution in [-0.4, -0.2) is 42.7 Å². The van der Waals surface area contributed by atoms with E-state index in [2.05, 4.69) is 20.6 Å². The molecule has 0 aliphatic heterocycles. The molecule has 192 valence electrons. The minimum atomic E-state index is -1.15. The SMILES string of the molecule is NC(=O)[C@H]1CC[C@@H](n2c(Nc3ccc(Cl)c(F)c3F)nc3cnc(NC4CCC[C@H](O)C4)nc32)CC1. The summed E-state index contributed by atoms with van der Waals surface area (Å²) in [6.07, 6.45) is 6.97. The van der Waals surface area contributed by atoms with Crippen LogP contribution in [0.4, 0.5) is 26.4 Å². The molecule has 1 amide bonds. The van der Waals surface area contributed by atoms with Crippen molar-refractivity contribution in [2.24, 2.45) is 11.7 Å². The van der Waals surface area contributed by atoms with Crippen molar-refractivity contribution < 1.29 is 18.7 Å². The highest BCUT2D eigenvalue weighted by atomic mass is 35.5. The van der Waals surface area contributed by atoms with E-state index in [1.165, 1.54) is 12.1 Å². The molecule has 0 spiro atoms. The lowest BCUT2D eigenvalue weighted by molar-refractivity contribution is -0.122. The van der Waals surface area contributed by atoms with Crippen molar-refractivity contribution in [1.29, 1.82) is 0 Å². The molecule has 1 unspecified atom stereocenters. The number of aliphatic hydroxyl groups is 1. The Balaban J connectivity index is 1.51. The van der Waals surface area contributed by atoms with Crippen molar-refractivity contribution in [3.8, 4) is 0 Å². The molecule has 12 heteroatoms. The molecular weight excluding hydrogens is 492 g/mol. The highest BCUT2D eigenvalue weighted by Gasteiger charge is 2.30. The van der Waals surface area contributed by atoms with E-state index in [0.29, 0.717) is 49.2 Å². The van der Waals surface area contributed by atoms with E-state index in [1.807, 2.05) is 4.57 Å². The number of fused-ring (bicyclic) bond motifs is 1. The van der Waals surface area contributed by atoms with E-state index >= 15 is 0 Å². The van der Waals surface area contributed by atoms with Crippen LogP contribution in [0.15, 0.2) is 18.3 Å². The summed E-state index contributed by atoms with van der Waals surface area (Å²) in [4.78, 5) is 25.4. The first-order valence-electron chi connectivity index (χ1n) is 12.2. The van der Waals surface area contributed by atoms with Gasteiger partial charge in [0.2, 0.25) is 17.8 Å². The number of halogens is 3. The van der Waals surface area contributed by atoms with Crippen molar-refractivity contribution in [2.45, 2.75) is 69.6 Å². The van der Waals surface area contributed by atoms with Gasteiger partial charge in [0, 0.05) is 18.0 Å². The van der Waals surface area contributed by atoms with Gasteiger partial charge in [-0.2, -0.15) is 4.98 Å². The smallest absolute Gasteiger partial charge is 0.224 e. The van der Waals surface area contributed by atoms with Gasteiger partial charge in [0.15, 0.2) is 17.3 Å². The van der Waals surface area contributed by atoms with Gasteiger partial charge >= 0.3 is 0 Å². The number of amides is 1. The van der Waals surface area contributed by atoms with Crippen molar-refractivity contribution in [3.05, 3.63) is 35.0 Å². The number of primary amides is 1. The summed E-state index contributed by atoms with van der Waals surface area (Å²) in [7, 11) is 0. The number of rotatable bonds is 6. The highest BCUT2D eigenvalue weighted by Crippen LogP contribution is 2.37. The highest BCUT2D eigenvalue weighted by molar-refractivity contribution is 6.30. The predicted molar refractivity (Wildman–Crippen MR) is 132 cm³/mol. The van der Waals surface area contributed by atoms with Gasteiger partial charge in [-0.15, -0.1) is 0 Å². The van der Waals surface area contributed by atoms with Crippen LogP contribution in [0.1, 0.15) is 57.4 Å². The number of nitrogens with two attached hydrogens (primary N) is 1. The van der Waals surface area contributed by atoms with E-state index in [-0.39, 0.29) is 46.7 Å². The molecule has 0 bridgehead atoms. The zero-order valence-corrected chi connectivity index (χ0v) is 20.3. The average Bonchev–Trinajstić information content (AvgIpc) is 3.21. The predicted octanol–water partition coefficient (Wildman–Crippen LogP) is 4.43. The molecule has 2 heterocycles. The summed E-state index contributed by atoms with van der Waals surface area (Å²) in [5, 5.41) is 15.9. The van der Waals surface area contributed by atoms with Crippen LogP contribution < -0.4 is 16.4 Å². The van der Waals surface area contributed by atoms with Crippen LogP contribution in [0.5, 0.6) is 0 Å². The first-order chi connectivity index (χ1) is 17.3. The first kappa shape index (κ1) is 24.6. The maximum Gasteiger partial charge on any atom is 0.224 e. The molecule has 3 aromatic rings. The Morgan fingerprint density at radius 3 is 2.61 bits per heavy atom. The minimum absolute atomic E-state index is 0.0531. The normalized spacial score (nSPS) is 24.6. The van der Waals surface area contributed by atoms with Crippen molar-refractivity contribution in [1.82, 2.24) is 19.5 Å². The van der Waals surface area contributed by atoms with E-state index in [1.54, 1.807) is 6.20 Å². The number of carbonyl (C=O) groups is 1. The van der Waals surface area contributed by atoms with E-state index in [4.69, 9.17) is 22.3 Å². The Bertz CT molecular complexity index is 1280. The second-order valence-corrected chi connectivity index (χ2v) is 10.0. The molecule has 2 atom stereocenters. The Hall–Kier alpha value is -3.05. The fourth-order valence-electron chi connectivity index (χ4n) is 5.23. The van der Waals surface area contributed by atoms with Gasteiger partial charge in [-0.1, -0.05) is 11.6 Å². The maximum atomic E-state index is 14.6. The van der Waals surface area contributed by atoms with Crippen molar-refractivity contribution in [2.75, 3.05) is 10.6 Å². The summed E-state index contributed by atoms with van der Waals surface area (Å²) in [5.41, 5.74) is 6.42. The number of imidazole rings is 1. The number of carbonyl (C=O) groups excluding carboxylic acids is 1. The van der Waals surface area contributed by atoms with Crippen LogP contribution in [0.3, 0.4) is 0 Å². The molecule has 2 fully saturated rings. The van der Waals surface area contributed by atoms with E-state index < -0.39 is 11.6 Å². The second-order valence-electron chi connectivity index (χ2n) is 9.63. The molecule has 1 aromatic carbocycles. The Morgan fingerprint density at radius 2 is 1.89 bits per heavy atom. The molecule has 2 aliphatic rings. The third-order valence-electron chi connectivity index (χ3n) is 7.16. The lowest BCUT2D eigenvalue weighted by atomic mass is 9.85. The summed E-state index contributed by atoms with van der Waals surface area (Å²) in [6, 6.07) is 2.58. The fraction of sp³-hybridized carbons (Fsp3) is 0.500. The summed E-state index contributed by atoms with van der Waals surface area (Å²) in [5.74, 6) is -2.07. The lowest BCUT2D eigenvalue weighted by Gasteiger charge is -2.29. The molecule has 2 aromatic heterocycles. The van der Waals surface area contributed by atoms with Gasteiger partial charge in [0.1, 0.15) is 5.52 Å². The van der Waals surface area contributed by atoms with Gasteiger partial charge in [-0.25, -0.2) is 18.7 Å². The molecule has 5 N–H and O–H groups in total. The van der Waals surface area contributed by atoms with Crippen LogP contribution >= 0.6 is 11.6 Å². The third kappa shape index (κ3) is 4.94. The lowest BCUT2D eigenvalue weighted by Crippen LogP contribution is -2.30. The molecule has 2 aliphatic carbocycles. The molecule has 9 nitrogen and oxygen atoms in total. The molecular formula is C24H28ClF2N7O2. The number of aliphatic hydroxyl groups excluding tert-OH is 1. The van der Waals surface area contributed by atoms with E-state index in [0.717, 1.165) is 19.3 Å². The second kappa shape index (κ2) is 10.1. The maximum absolute atomic E-state index is 14.6. The molecule has 5 rings (SSSR count). The third-order valence-corrected chi connectivity index (χ3v) is 7.45. The van der Waals surface area contributed by atoms with Crippen LogP contribution in [0.25, 0.3) is 11.2 Å². The van der Waals surface area contributed by atoms with Gasteiger partial charge in [-0.05, 0) is 63.5 Å². The molecule has 2 saturated carbocycles. The van der Waals surface area contributed by atoms with Crippen LogP contribution in [0, 0.1) is 17.6 Å². The standard InChI is InChI=1S/C24H28ClF2N7O2/c25-16-8-9-17(20(27)19(16)26)31-24-32-18-11-29-23(30-13-2-1-3-15(35)10-13)33-22(18)34(24)14-6-4-12(5-7-14)21(28)36/h8-9,11-15,35H,1-7,10H2,(H2,28,36)(H,31,32)(H,29,30,33)/t12-,13?,14+,15-/m0/s1. The zero-order valence-electron chi connectivity index (χ0n) is 19.6. The van der Waals surface area contributed by atoms with Crippen molar-refractivity contribution in [3.63, 3.8) is 0 Å². The molecule has 0 radical (unpaired) electrons. The Labute approximate surface area is 211 Å². The van der Waals surface area contributed by atoms with Crippen LogP contribution in [0.2, 0.25) is 5.02 Å². The summed E-state index contributed by atoms with van der Waals surface area (Å²) >= 11 is 5.71. The number of nitrogens with one attached hydrogen (secondary N) is 2. The number of hydrogen-bond acceptors (Lipinski definition) is 7. The number of hydrogen-bond donors (Lipinski definition) is 4. The minimum Gasteiger partial charge on any atom is -0.393 e.